The first kappa shape index (κ1) is 51.2. The fourth-order valence-corrected chi connectivity index (χ4v) is 9.07. The molecule has 2 N–H and O–H groups in total. The van der Waals surface area contributed by atoms with Crippen molar-refractivity contribution in [3.8, 4) is 0 Å². The zero-order valence-corrected chi connectivity index (χ0v) is 39.4. The van der Waals surface area contributed by atoms with Crippen LogP contribution in [0.1, 0.15) is 97.3 Å². The second kappa shape index (κ2) is 24.5. The van der Waals surface area contributed by atoms with E-state index in [4.69, 9.17) is 9.47 Å². The fourth-order valence-electron chi connectivity index (χ4n) is 9.07. The number of benzene rings is 2. The number of methoxy groups -OCH3 is 2. The summed E-state index contributed by atoms with van der Waals surface area (Å²) in [6.07, 6.45) is 1.39. The molecular weight excluding hydrogens is 771 g/mol. The topological polar surface area (TPSA) is 138 Å². The maximum absolute atomic E-state index is 14.4. The molecule has 1 saturated heterocycles. The van der Waals surface area contributed by atoms with E-state index in [1.54, 1.807) is 26.2 Å². The SMILES string of the molecule is CC[C@H](C)[C@@H]([C@@H](CC(=O)N1CCC[C@H]1[C@H](OC)[C@@H](C)C(=O)CC(Cc1ccccc1)C(=O)NCc1ccc(C)cc1)OC)N(C)C(=O)[C@@H](NC(=O)[C@H](C(C)C)N(C)C)C(C)C. The maximum Gasteiger partial charge on any atom is 0.245 e. The number of hydrogen-bond acceptors (Lipinski definition) is 8. The molecule has 4 amide bonds. The van der Waals surface area contributed by atoms with E-state index in [2.05, 4.69) is 17.6 Å². The molecule has 12 heteroatoms. The van der Waals surface area contributed by atoms with E-state index in [0.29, 0.717) is 25.9 Å². The molecule has 2 aromatic rings. The van der Waals surface area contributed by atoms with Gasteiger partial charge < -0.3 is 29.9 Å². The number of carbonyl (C=O) groups is 5. The van der Waals surface area contributed by atoms with E-state index >= 15 is 0 Å². The Bertz CT molecular complexity index is 1690. The van der Waals surface area contributed by atoms with Gasteiger partial charge in [0.15, 0.2) is 0 Å². The van der Waals surface area contributed by atoms with E-state index in [0.717, 1.165) is 29.5 Å². The molecule has 9 atom stereocenters. The molecule has 3 rings (SSSR count). The fraction of sp³-hybridized carbons (Fsp3) is 0.653. The van der Waals surface area contributed by atoms with Gasteiger partial charge in [-0.25, -0.2) is 0 Å². The normalized spacial score (nSPS) is 18.2. The summed E-state index contributed by atoms with van der Waals surface area (Å²) in [4.78, 5) is 75.5. The average molecular weight is 848 g/mol. The van der Waals surface area contributed by atoms with Gasteiger partial charge >= 0.3 is 0 Å². The van der Waals surface area contributed by atoms with Crippen LogP contribution in [0.3, 0.4) is 0 Å². The van der Waals surface area contributed by atoms with Gasteiger partial charge in [0.1, 0.15) is 11.8 Å². The summed E-state index contributed by atoms with van der Waals surface area (Å²) in [6, 6.07) is 15.7. The predicted molar refractivity (Wildman–Crippen MR) is 241 cm³/mol. The van der Waals surface area contributed by atoms with E-state index in [-0.39, 0.29) is 66.0 Å². The van der Waals surface area contributed by atoms with E-state index < -0.39 is 42.2 Å². The van der Waals surface area contributed by atoms with Gasteiger partial charge in [0, 0.05) is 52.6 Å². The Kier molecular flexibility index (Phi) is 20.6. The number of Topliss-reactive ketones (excluding diaryl/α,β-unsaturated/α-hetero) is 1. The van der Waals surface area contributed by atoms with E-state index in [9.17, 15) is 24.0 Å². The van der Waals surface area contributed by atoms with Gasteiger partial charge in [0.25, 0.3) is 0 Å². The second-order valence-corrected chi connectivity index (χ2v) is 18.2. The number of ketones is 1. The van der Waals surface area contributed by atoms with Crippen molar-refractivity contribution >= 4 is 29.4 Å². The lowest BCUT2D eigenvalue weighted by Crippen LogP contribution is -2.59. The third kappa shape index (κ3) is 14.2. The number of likely N-dealkylation sites (N-methyl/N-ethyl adjacent to an activating group) is 2. The minimum absolute atomic E-state index is 0.0213. The Balaban J connectivity index is 1.79. The molecule has 0 aromatic heterocycles. The van der Waals surface area contributed by atoms with Crippen LogP contribution >= 0.6 is 0 Å². The number of aryl methyl sites for hydroxylation is 1. The van der Waals surface area contributed by atoms with Crippen molar-refractivity contribution in [1.82, 2.24) is 25.3 Å². The zero-order valence-electron chi connectivity index (χ0n) is 39.4. The Morgan fingerprint density at radius 2 is 1.46 bits per heavy atom. The van der Waals surface area contributed by atoms with Crippen LogP contribution in [-0.2, 0) is 46.4 Å². The molecule has 1 unspecified atom stereocenters. The van der Waals surface area contributed by atoms with E-state index in [1.807, 2.05) is 127 Å². The smallest absolute Gasteiger partial charge is 0.245 e. The third-order valence-electron chi connectivity index (χ3n) is 12.8. The predicted octanol–water partition coefficient (Wildman–Crippen LogP) is 6.08. The highest BCUT2D eigenvalue weighted by atomic mass is 16.5. The third-order valence-corrected chi connectivity index (χ3v) is 12.8. The largest absolute Gasteiger partial charge is 0.379 e. The molecule has 1 fully saturated rings. The van der Waals surface area contributed by atoms with Crippen molar-refractivity contribution in [2.75, 3.05) is 41.9 Å². The summed E-state index contributed by atoms with van der Waals surface area (Å²) in [7, 11) is 8.61. The van der Waals surface area contributed by atoms with Crippen molar-refractivity contribution in [3.05, 3.63) is 71.3 Å². The van der Waals surface area contributed by atoms with Crippen LogP contribution in [0.25, 0.3) is 0 Å². The van der Waals surface area contributed by atoms with Crippen molar-refractivity contribution in [2.24, 2.45) is 29.6 Å². The maximum atomic E-state index is 14.4. The average Bonchev–Trinajstić information content (AvgIpc) is 3.71. The highest BCUT2D eigenvalue weighted by molar-refractivity contribution is 5.90. The minimum atomic E-state index is -0.769. The molecular formula is C49H77N5O7. The van der Waals surface area contributed by atoms with E-state index in [1.165, 1.54) is 0 Å². The Morgan fingerprint density at radius 1 is 0.820 bits per heavy atom. The lowest BCUT2D eigenvalue weighted by atomic mass is 9.85. The van der Waals surface area contributed by atoms with Gasteiger partial charge in [0.2, 0.25) is 23.6 Å². The first-order valence-electron chi connectivity index (χ1n) is 22.3. The molecule has 2 aromatic carbocycles. The molecule has 61 heavy (non-hydrogen) atoms. The van der Waals surface area contributed by atoms with Gasteiger partial charge in [-0.3, -0.25) is 28.9 Å². The quantitative estimate of drug-likeness (QED) is 0.130. The number of rotatable bonds is 24. The standard InChI is InChI=1S/C49H77N5O7/c1-14-34(7)45(53(11)49(59)43(31(2)3)51-48(58)44(32(4)5)52(9)10)41(60-12)29-42(56)54-26-18-21-39(54)46(61-13)35(8)40(55)28-38(27-36-19-16-15-17-20-36)47(57)50-30-37-24-22-33(6)23-25-37/h15-17,19-20,22-25,31-32,34-35,38-39,41,43-46H,14,18,21,26-30H2,1-13H3,(H,50,57)(H,51,58)/t34-,35-,38?,39-,41+,43-,44-,45-,46+/m0/s1. The second-order valence-electron chi connectivity index (χ2n) is 18.2. The summed E-state index contributed by atoms with van der Waals surface area (Å²) < 4.78 is 12.1. The van der Waals surface area contributed by atoms with Crippen molar-refractivity contribution in [1.29, 1.82) is 0 Å². The lowest BCUT2D eigenvalue weighted by molar-refractivity contribution is -0.148. The highest BCUT2D eigenvalue weighted by Gasteiger charge is 2.43. The van der Waals surface area contributed by atoms with Crippen molar-refractivity contribution in [3.63, 3.8) is 0 Å². The first-order chi connectivity index (χ1) is 28.9. The lowest BCUT2D eigenvalue weighted by Gasteiger charge is -2.41. The summed E-state index contributed by atoms with van der Waals surface area (Å²) in [5, 5.41) is 6.11. The number of ether oxygens (including phenoxy) is 2. The molecule has 1 heterocycles. The Labute approximate surface area is 366 Å². The van der Waals surface area contributed by atoms with Crippen LogP contribution < -0.4 is 10.6 Å². The van der Waals surface area contributed by atoms with Crippen LogP contribution in [0, 0.1) is 36.5 Å². The molecule has 0 bridgehead atoms. The van der Waals surface area contributed by atoms with Gasteiger partial charge in [-0.1, -0.05) is 115 Å². The minimum Gasteiger partial charge on any atom is -0.379 e. The van der Waals surface area contributed by atoms with Gasteiger partial charge in [-0.2, -0.15) is 0 Å². The molecule has 1 aliphatic heterocycles. The highest BCUT2D eigenvalue weighted by Crippen LogP contribution is 2.31. The molecule has 12 nitrogen and oxygen atoms in total. The van der Waals surface area contributed by atoms with Crippen molar-refractivity contribution in [2.45, 2.75) is 137 Å². The summed E-state index contributed by atoms with van der Waals surface area (Å²) >= 11 is 0. The molecule has 0 saturated carbocycles. The van der Waals surface area contributed by atoms with Crippen LogP contribution in [-0.4, -0.2) is 122 Å². The Hall–Kier alpha value is -4.13. The van der Waals surface area contributed by atoms with Crippen LogP contribution in [0.2, 0.25) is 0 Å². The number of nitrogens with zero attached hydrogens (tertiary/aromatic N) is 3. The number of carbonyl (C=O) groups excluding carboxylic acids is 5. The van der Waals surface area contributed by atoms with Gasteiger partial charge in [-0.15, -0.1) is 0 Å². The number of amides is 4. The molecule has 340 valence electrons. The summed E-state index contributed by atoms with van der Waals surface area (Å²) in [5.41, 5.74) is 3.09. The molecule has 0 spiro atoms. The molecule has 1 aliphatic rings. The number of likely N-dealkylation sites (tertiary alicyclic amines) is 1. The van der Waals surface area contributed by atoms with Crippen LogP contribution in [0.4, 0.5) is 0 Å². The number of hydrogen-bond donors (Lipinski definition) is 2. The van der Waals surface area contributed by atoms with Crippen LogP contribution in [0.5, 0.6) is 0 Å². The summed E-state index contributed by atoms with van der Waals surface area (Å²) in [6.45, 7) is 16.6. The molecule has 0 radical (unpaired) electrons. The van der Waals surface area contributed by atoms with Crippen LogP contribution in [0.15, 0.2) is 54.6 Å². The Morgan fingerprint density at radius 3 is 2.00 bits per heavy atom. The molecule has 0 aliphatic carbocycles. The first-order valence-corrected chi connectivity index (χ1v) is 22.3. The van der Waals surface area contributed by atoms with Crippen molar-refractivity contribution < 1.29 is 33.4 Å². The van der Waals surface area contributed by atoms with Gasteiger partial charge in [-0.05, 0) is 69.2 Å². The summed E-state index contributed by atoms with van der Waals surface area (Å²) in [5.74, 6) is -2.20. The zero-order chi connectivity index (χ0) is 45.6. The van der Waals surface area contributed by atoms with Gasteiger partial charge in [0.05, 0.1) is 36.8 Å². The number of nitrogens with one attached hydrogen (secondary N) is 2. The monoisotopic (exact) mass is 848 g/mol.